The zero-order chi connectivity index (χ0) is 29.5. The molecule has 42 heavy (non-hydrogen) atoms. The number of pyridine rings is 1. The third-order valence-electron chi connectivity index (χ3n) is 8.91. The van der Waals surface area contributed by atoms with Gasteiger partial charge in [0.05, 0.1) is 23.0 Å². The van der Waals surface area contributed by atoms with Crippen LogP contribution in [0.3, 0.4) is 0 Å². The maximum absolute atomic E-state index is 14.4. The van der Waals surface area contributed by atoms with Crippen LogP contribution in [-0.2, 0) is 6.54 Å². The van der Waals surface area contributed by atoms with Gasteiger partial charge in [0.25, 0.3) is 5.91 Å². The van der Waals surface area contributed by atoms with Crippen LogP contribution >= 0.6 is 0 Å². The summed E-state index contributed by atoms with van der Waals surface area (Å²) in [6.07, 6.45) is 7.79. The smallest absolute Gasteiger partial charge is 0.256 e. The van der Waals surface area contributed by atoms with Crippen molar-refractivity contribution in [1.29, 1.82) is 5.26 Å². The average molecular weight is 563 g/mol. The first-order valence-corrected chi connectivity index (χ1v) is 14.5. The van der Waals surface area contributed by atoms with E-state index in [0.717, 1.165) is 54.3 Å². The van der Waals surface area contributed by atoms with Crippen LogP contribution in [0.1, 0.15) is 65.3 Å². The van der Waals surface area contributed by atoms with Gasteiger partial charge in [-0.2, -0.15) is 5.26 Å². The molecule has 1 saturated heterocycles. The predicted octanol–water partition coefficient (Wildman–Crippen LogP) is 6.69. The van der Waals surface area contributed by atoms with Gasteiger partial charge in [-0.25, -0.2) is 4.39 Å². The molecule has 7 nitrogen and oxygen atoms in total. The first-order valence-electron chi connectivity index (χ1n) is 14.5. The predicted molar refractivity (Wildman–Crippen MR) is 163 cm³/mol. The Kier molecular flexibility index (Phi) is 7.29. The lowest BCUT2D eigenvalue weighted by Gasteiger charge is -2.32. The molecule has 0 spiro atoms. The highest BCUT2D eigenvalue weighted by molar-refractivity contribution is 5.99. The van der Waals surface area contributed by atoms with Crippen molar-refractivity contribution in [2.24, 2.45) is 0 Å². The molecular formula is C34H35FN6O. The number of nitrogens with zero attached hydrogens (tertiary/aromatic N) is 5. The van der Waals surface area contributed by atoms with E-state index in [4.69, 9.17) is 0 Å². The number of rotatable bonds is 6. The number of aromatic nitrogens is 3. The van der Waals surface area contributed by atoms with Gasteiger partial charge in [0.15, 0.2) is 0 Å². The quantitative estimate of drug-likeness (QED) is 0.250. The summed E-state index contributed by atoms with van der Waals surface area (Å²) in [5.41, 5.74) is 7.23. The Morgan fingerprint density at radius 3 is 2.69 bits per heavy atom. The Bertz CT molecular complexity index is 1840. The van der Waals surface area contributed by atoms with Crippen LogP contribution in [-0.4, -0.2) is 56.4 Å². The topological polar surface area (TPSA) is 81.0 Å². The number of aryl methyl sites for hydroxylation is 1. The molecule has 6 rings (SSSR count). The summed E-state index contributed by atoms with van der Waals surface area (Å²) < 4.78 is 16.4. The second kappa shape index (κ2) is 11.1. The number of H-pyrrole nitrogens is 1. The number of hydrogen-bond donors (Lipinski definition) is 1. The number of hydrogen-bond acceptors (Lipinski definition) is 4. The number of carbonyl (C=O) groups excluding carboxylic acids is 1. The zero-order valence-electron chi connectivity index (χ0n) is 24.5. The molecule has 2 aromatic carbocycles. The molecule has 1 fully saturated rings. The van der Waals surface area contributed by atoms with Gasteiger partial charge >= 0.3 is 0 Å². The number of fused-ring (bicyclic) bond motifs is 2. The SMILES string of the molecule is Cc1c(CN2CCC(c3cn(-c4ccc(F)cc4C(=O)N(C)C(C)C)c4cnccc34)CC2)ccc2[nH]c(C#N)cc12. The molecule has 4 heterocycles. The molecule has 0 bridgehead atoms. The monoisotopic (exact) mass is 562 g/mol. The number of aromatic amines is 1. The fourth-order valence-electron chi connectivity index (χ4n) is 6.21. The van der Waals surface area contributed by atoms with E-state index in [-0.39, 0.29) is 11.9 Å². The molecule has 3 aromatic heterocycles. The van der Waals surface area contributed by atoms with E-state index in [1.54, 1.807) is 18.0 Å². The van der Waals surface area contributed by atoms with Gasteiger partial charge in [-0.3, -0.25) is 14.7 Å². The average Bonchev–Trinajstić information content (AvgIpc) is 3.61. The largest absolute Gasteiger partial charge is 0.346 e. The number of piperidine rings is 1. The van der Waals surface area contributed by atoms with E-state index in [1.165, 1.54) is 28.8 Å². The molecular weight excluding hydrogens is 527 g/mol. The van der Waals surface area contributed by atoms with Gasteiger partial charge in [0.2, 0.25) is 0 Å². The fourth-order valence-corrected chi connectivity index (χ4v) is 6.21. The Morgan fingerprint density at radius 1 is 1.17 bits per heavy atom. The molecule has 0 radical (unpaired) electrons. The normalized spacial score (nSPS) is 14.6. The summed E-state index contributed by atoms with van der Waals surface area (Å²) in [5.74, 6) is -0.285. The van der Waals surface area contributed by atoms with E-state index in [0.29, 0.717) is 22.9 Å². The molecule has 5 aromatic rings. The number of amides is 1. The van der Waals surface area contributed by atoms with Crippen molar-refractivity contribution in [3.05, 3.63) is 94.8 Å². The third kappa shape index (κ3) is 4.94. The van der Waals surface area contributed by atoms with Crippen molar-refractivity contribution in [3.63, 3.8) is 0 Å². The van der Waals surface area contributed by atoms with Crippen LogP contribution in [0, 0.1) is 24.1 Å². The lowest BCUT2D eigenvalue weighted by Crippen LogP contribution is -2.33. The molecule has 0 atom stereocenters. The van der Waals surface area contributed by atoms with Crippen molar-refractivity contribution >= 4 is 27.7 Å². The maximum atomic E-state index is 14.4. The molecule has 1 amide bonds. The van der Waals surface area contributed by atoms with Gasteiger partial charge in [-0.05, 0) is 106 Å². The van der Waals surface area contributed by atoms with Crippen molar-refractivity contribution in [3.8, 4) is 11.8 Å². The summed E-state index contributed by atoms with van der Waals surface area (Å²) in [4.78, 5) is 25.1. The van der Waals surface area contributed by atoms with E-state index >= 15 is 0 Å². The molecule has 1 N–H and O–H groups in total. The Morgan fingerprint density at radius 2 is 1.95 bits per heavy atom. The lowest BCUT2D eigenvalue weighted by molar-refractivity contribution is 0.0754. The van der Waals surface area contributed by atoms with Gasteiger partial charge in [0.1, 0.15) is 17.6 Å². The number of nitrogens with one attached hydrogen (secondary N) is 1. The van der Waals surface area contributed by atoms with Crippen LogP contribution in [0.25, 0.3) is 27.5 Å². The number of nitriles is 1. The van der Waals surface area contributed by atoms with Crippen molar-refractivity contribution in [2.45, 2.75) is 52.1 Å². The lowest BCUT2D eigenvalue weighted by atomic mass is 9.89. The van der Waals surface area contributed by atoms with Crippen LogP contribution in [0.15, 0.2) is 61.1 Å². The first kappa shape index (κ1) is 27.7. The molecule has 1 aliphatic heterocycles. The second-order valence-electron chi connectivity index (χ2n) is 11.7. The molecule has 0 unspecified atom stereocenters. The summed E-state index contributed by atoms with van der Waals surface area (Å²) in [5, 5.41) is 11.5. The third-order valence-corrected chi connectivity index (χ3v) is 8.91. The van der Waals surface area contributed by atoms with Crippen LogP contribution in [0.4, 0.5) is 4.39 Å². The Labute approximate surface area is 245 Å². The zero-order valence-corrected chi connectivity index (χ0v) is 24.5. The number of carbonyl (C=O) groups is 1. The fraction of sp³-hybridized carbons (Fsp3) is 0.324. The van der Waals surface area contributed by atoms with Crippen LogP contribution in [0.5, 0.6) is 0 Å². The standard InChI is InChI=1S/C34H35FN6O/c1-21(2)39(4)34(42)29-15-25(35)6-8-32(29)41-20-30(27-9-12-37-18-33(27)41)23-10-13-40(14-11-23)19-24-5-7-31-28(22(24)3)16-26(17-36)38-31/h5-9,12,15-16,18,20-21,23,38H,10-11,13-14,19H2,1-4H3. The molecule has 214 valence electrons. The summed E-state index contributed by atoms with van der Waals surface area (Å²) in [7, 11) is 1.75. The van der Waals surface area contributed by atoms with Crippen LogP contribution in [0.2, 0.25) is 0 Å². The molecule has 1 aliphatic rings. The molecule has 0 aliphatic carbocycles. The van der Waals surface area contributed by atoms with E-state index in [1.807, 2.05) is 42.9 Å². The van der Waals surface area contributed by atoms with Gasteiger partial charge in [0, 0.05) is 48.3 Å². The minimum atomic E-state index is -0.433. The number of benzene rings is 2. The van der Waals surface area contributed by atoms with Gasteiger partial charge in [-0.15, -0.1) is 0 Å². The van der Waals surface area contributed by atoms with Crippen molar-refractivity contribution in [2.75, 3.05) is 20.1 Å². The number of halogens is 1. The van der Waals surface area contributed by atoms with Gasteiger partial charge in [-0.1, -0.05) is 6.07 Å². The number of likely N-dealkylation sites (tertiary alicyclic amines) is 1. The highest BCUT2D eigenvalue weighted by Crippen LogP contribution is 2.37. The van der Waals surface area contributed by atoms with Crippen molar-refractivity contribution < 1.29 is 9.18 Å². The van der Waals surface area contributed by atoms with E-state index in [2.05, 4.69) is 46.2 Å². The van der Waals surface area contributed by atoms with E-state index in [9.17, 15) is 14.4 Å². The van der Waals surface area contributed by atoms with Crippen LogP contribution < -0.4 is 0 Å². The summed E-state index contributed by atoms with van der Waals surface area (Å²) in [6, 6.07) is 14.9. The van der Waals surface area contributed by atoms with Gasteiger partial charge < -0.3 is 14.5 Å². The Balaban J connectivity index is 1.27. The summed E-state index contributed by atoms with van der Waals surface area (Å²) in [6.45, 7) is 8.83. The minimum Gasteiger partial charge on any atom is -0.346 e. The minimum absolute atomic E-state index is 0.0128. The maximum Gasteiger partial charge on any atom is 0.256 e. The van der Waals surface area contributed by atoms with E-state index < -0.39 is 5.82 Å². The van der Waals surface area contributed by atoms with Crippen molar-refractivity contribution in [1.82, 2.24) is 24.3 Å². The molecule has 8 heteroatoms. The highest BCUT2D eigenvalue weighted by atomic mass is 19.1. The second-order valence-corrected chi connectivity index (χ2v) is 11.7. The Hall–Kier alpha value is -4.48. The highest BCUT2D eigenvalue weighted by Gasteiger charge is 2.26. The first-order chi connectivity index (χ1) is 20.2. The summed E-state index contributed by atoms with van der Waals surface area (Å²) >= 11 is 0. The molecule has 0 saturated carbocycles.